The fourth-order valence-corrected chi connectivity index (χ4v) is 3.17. The molecule has 0 aliphatic carbocycles. The number of methoxy groups -OCH3 is 1. The lowest BCUT2D eigenvalue weighted by atomic mass is 10.1. The second-order valence-electron chi connectivity index (χ2n) is 5.44. The molecular formula is C18H14Cl2F2N2O. The molecule has 0 aliphatic heterocycles. The number of ether oxygens (including phenoxy) is 1. The van der Waals surface area contributed by atoms with Gasteiger partial charge in [-0.3, -0.25) is 0 Å². The highest BCUT2D eigenvalue weighted by Gasteiger charge is 2.23. The Balaban J connectivity index is 2.17. The first-order valence-electron chi connectivity index (χ1n) is 7.41. The maximum atomic E-state index is 14.5. The zero-order valence-corrected chi connectivity index (χ0v) is 15.0. The maximum absolute atomic E-state index is 14.5. The first-order valence-corrected chi connectivity index (χ1v) is 8.17. The Kier molecular flexibility index (Phi) is 4.97. The van der Waals surface area contributed by atoms with E-state index in [0.717, 1.165) is 17.7 Å². The van der Waals surface area contributed by atoms with Gasteiger partial charge in [-0.15, -0.1) is 0 Å². The largest absolute Gasteiger partial charge is 0.497 e. The van der Waals surface area contributed by atoms with Gasteiger partial charge in [-0.1, -0.05) is 41.4 Å². The number of rotatable bonds is 4. The molecule has 0 amide bonds. The minimum atomic E-state index is -0.779. The Bertz CT molecular complexity index is 918. The van der Waals surface area contributed by atoms with Gasteiger partial charge in [0, 0.05) is 17.2 Å². The maximum Gasteiger partial charge on any atom is 0.155 e. The van der Waals surface area contributed by atoms with Gasteiger partial charge in [0.15, 0.2) is 5.15 Å². The summed E-state index contributed by atoms with van der Waals surface area (Å²) < 4.78 is 35.6. The topological polar surface area (TPSA) is 27.1 Å². The van der Waals surface area contributed by atoms with Crippen LogP contribution in [0.2, 0.25) is 10.2 Å². The molecule has 0 spiro atoms. The van der Waals surface area contributed by atoms with Gasteiger partial charge in [0.05, 0.1) is 24.9 Å². The molecule has 1 heterocycles. The molecule has 3 rings (SSSR count). The van der Waals surface area contributed by atoms with Crippen LogP contribution in [0.25, 0.3) is 11.3 Å². The molecule has 1 aromatic heterocycles. The zero-order chi connectivity index (χ0) is 18.1. The Labute approximate surface area is 153 Å². The zero-order valence-electron chi connectivity index (χ0n) is 13.5. The number of halogens is 4. The fourth-order valence-electron chi connectivity index (χ4n) is 2.65. The molecule has 7 heteroatoms. The van der Waals surface area contributed by atoms with E-state index in [1.54, 1.807) is 17.6 Å². The van der Waals surface area contributed by atoms with E-state index in [0.29, 0.717) is 10.8 Å². The molecule has 3 aromatic rings. The normalized spacial score (nSPS) is 11.0. The van der Waals surface area contributed by atoms with E-state index in [1.165, 1.54) is 7.11 Å². The lowest BCUT2D eigenvalue weighted by molar-refractivity contribution is 0.407. The second-order valence-corrected chi connectivity index (χ2v) is 6.21. The van der Waals surface area contributed by atoms with Crippen molar-refractivity contribution < 1.29 is 13.5 Å². The van der Waals surface area contributed by atoms with Gasteiger partial charge in [0.2, 0.25) is 0 Å². The molecule has 0 bridgehead atoms. The second kappa shape index (κ2) is 7.02. The molecule has 2 aromatic carbocycles. The predicted octanol–water partition coefficient (Wildman–Crippen LogP) is 5.50. The minimum Gasteiger partial charge on any atom is -0.497 e. The van der Waals surface area contributed by atoms with Gasteiger partial charge < -0.3 is 9.30 Å². The molecule has 0 radical (unpaired) electrons. The van der Waals surface area contributed by atoms with Crippen LogP contribution in [0.3, 0.4) is 0 Å². The van der Waals surface area contributed by atoms with Crippen molar-refractivity contribution in [2.75, 3.05) is 7.11 Å². The van der Waals surface area contributed by atoms with Crippen molar-refractivity contribution in [3.8, 4) is 17.0 Å². The lowest BCUT2D eigenvalue weighted by Crippen LogP contribution is -2.06. The molecule has 0 fully saturated rings. The SMILES string of the molecule is COc1cc(F)c(-c2c(Cl)nc(C)n2Cc2ccccc2Cl)c(F)c1. The summed E-state index contributed by atoms with van der Waals surface area (Å²) >= 11 is 12.4. The molecule has 130 valence electrons. The van der Waals surface area contributed by atoms with Crippen LogP contribution in [0.15, 0.2) is 36.4 Å². The summed E-state index contributed by atoms with van der Waals surface area (Å²) in [5, 5.41) is 0.570. The van der Waals surface area contributed by atoms with Crippen molar-refractivity contribution in [3.05, 3.63) is 69.6 Å². The molecular weight excluding hydrogens is 369 g/mol. The van der Waals surface area contributed by atoms with E-state index in [4.69, 9.17) is 27.9 Å². The van der Waals surface area contributed by atoms with Crippen LogP contribution in [0.1, 0.15) is 11.4 Å². The Hall–Kier alpha value is -2.11. The fraction of sp³-hybridized carbons (Fsp3) is 0.167. The molecule has 3 nitrogen and oxygen atoms in total. The van der Waals surface area contributed by atoms with Crippen molar-refractivity contribution in [3.63, 3.8) is 0 Å². The summed E-state index contributed by atoms with van der Waals surface area (Å²) in [6, 6.07) is 9.44. The number of imidazole rings is 1. The van der Waals surface area contributed by atoms with Gasteiger partial charge in [-0.2, -0.15) is 0 Å². The molecule has 0 N–H and O–H groups in total. The smallest absolute Gasteiger partial charge is 0.155 e. The van der Waals surface area contributed by atoms with E-state index in [1.807, 2.05) is 18.2 Å². The van der Waals surface area contributed by atoms with Crippen LogP contribution in [-0.2, 0) is 6.54 Å². The first kappa shape index (κ1) is 17.7. The lowest BCUT2D eigenvalue weighted by Gasteiger charge is -2.14. The van der Waals surface area contributed by atoms with Gasteiger partial charge in [-0.25, -0.2) is 13.8 Å². The summed E-state index contributed by atoms with van der Waals surface area (Å²) in [6.45, 7) is 2.00. The summed E-state index contributed by atoms with van der Waals surface area (Å²) in [5.74, 6) is -0.948. The average Bonchev–Trinajstić information content (AvgIpc) is 2.83. The minimum absolute atomic E-state index is 0.0209. The van der Waals surface area contributed by atoms with Gasteiger partial charge in [0.1, 0.15) is 23.2 Å². The van der Waals surface area contributed by atoms with E-state index in [9.17, 15) is 8.78 Å². The van der Waals surface area contributed by atoms with Crippen molar-refractivity contribution in [1.29, 1.82) is 0 Å². The molecule has 0 saturated heterocycles. The number of benzene rings is 2. The average molecular weight is 383 g/mol. The molecule has 0 saturated carbocycles. The third kappa shape index (κ3) is 3.34. The summed E-state index contributed by atoms with van der Waals surface area (Å²) in [7, 11) is 1.34. The van der Waals surface area contributed by atoms with Crippen LogP contribution < -0.4 is 4.74 Å². The Morgan fingerprint density at radius 3 is 2.36 bits per heavy atom. The molecule has 0 aliphatic rings. The quantitative estimate of drug-likeness (QED) is 0.595. The highest BCUT2D eigenvalue weighted by molar-refractivity contribution is 6.32. The summed E-state index contributed by atoms with van der Waals surface area (Å²) in [6.07, 6.45) is 0. The van der Waals surface area contributed by atoms with Crippen LogP contribution in [-0.4, -0.2) is 16.7 Å². The first-order chi connectivity index (χ1) is 11.9. The number of aryl methyl sites for hydroxylation is 1. The number of nitrogens with zero attached hydrogens (tertiary/aromatic N) is 2. The number of hydrogen-bond donors (Lipinski definition) is 0. The third-order valence-electron chi connectivity index (χ3n) is 3.89. The van der Waals surface area contributed by atoms with Crippen molar-refractivity contribution in [1.82, 2.24) is 9.55 Å². The monoisotopic (exact) mass is 382 g/mol. The predicted molar refractivity (Wildman–Crippen MR) is 94.4 cm³/mol. The molecule has 0 atom stereocenters. The van der Waals surface area contributed by atoms with Crippen molar-refractivity contribution >= 4 is 23.2 Å². The van der Waals surface area contributed by atoms with Crippen LogP contribution in [0.4, 0.5) is 8.78 Å². The van der Waals surface area contributed by atoms with Crippen LogP contribution in [0.5, 0.6) is 5.75 Å². The summed E-state index contributed by atoms with van der Waals surface area (Å²) in [4.78, 5) is 4.16. The molecule has 0 unspecified atom stereocenters. The Morgan fingerprint density at radius 1 is 1.12 bits per heavy atom. The van der Waals surface area contributed by atoms with E-state index >= 15 is 0 Å². The van der Waals surface area contributed by atoms with E-state index < -0.39 is 11.6 Å². The van der Waals surface area contributed by atoms with Gasteiger partial charge in [0.25, 0.3) is 0 Å². The van der Waals surface area contributed by atoms with E-state index in [2.05, 4.69) is 4.98 Å². The highest BCUT2D eigenvalue weighted by atomic mass is 35.5. The number of hydrogen-bond acceptors (Lipinski definition) is 2. The molecule has 25 heavy (non-hydrogen) atoms. The highest BCUT2D eigenvalue weighted by Crippen LogP contribution is 2.35. The van der Waals surface area contributed by atoms with Gasteiger partial charge in [-0.05, 0) is 18.6 Å². The van der Waals surface area contributed by atoms with Crippen molar-refractivity contribution in [2.24, 2.45) is 0 Å². The Morgan fingerprint density at radius 2 is 1.76 bits per heavy atom. The van der Waals surface area contributed by atoms with Crippen LogP contribution >= 0.6 is 23.2 Å². The van der Waals surface area contributed by atoms with E-state index in [-0.39, 0.29) is 28.7 Å². The standard InChI is InChI=1S/C18H14Cl2F2N2O/c1-10-23-18(20)17(16-14(21)7-12(25-2)8-15(16)22)24(10)9-11-5-3-4-6-13(11)19/h3-8H,9H2,1-2H3. The van der Waals surface area contributed by atoms with Gasteiger partial charge >= 0.3 is 0 Å². The number of aromatic nitrogens is 2. The van der Waals surface area contributed by atoms with Crippen molar-refractivity contribution in [2.45, 2.75) is 13.5 Å². The van der Waals surface area contributed by atoms with Crippen LogP contribution in [0, 0.1) is 18.6 Å². The third-order valence-corrected chi connectivity index (χ3v) is 4.52. The summed E-state index contributed by atoms with van der Waals surface area (Å²) in [5.41, 5.74) is 0.701.